The number of aliphatic hydroxyl groups excluding tert-OH is 1. The summed E-state index contributed by atoms with van der Waals surface area (Å²) in [6, 6.07) is 15.3. The van der Waals surface area contributed by atoms with Crippen molar-refractivity contribution in [3.8, 4) is 0 Å². The molecule has 1 saturated heterocycles. The SMILES string of the molecule is Cn1cnnc1SCC1CC(c2ccc(CO)cc2)OC(c2ccc(CNC(=O)CCC(=O)O)cc2)O1. The number of aryl methyl sites for hydroxylation is 1. The predicted octanol–water partition coefficient (Wildman–Crippen LogP) is 3.13. The molecule has 2 aromatic carbocycles. The van der Waals surface area contributed by atoms with Crippen LogP contribution in [0.2, 0.25) is 0 Å². The summed E-state index contributed by atoms with van der Waals surface area (Å²) in [5.41, 5.74) is 3.59. The molecule has 1 amide bonds. The van der Waals surface area contributed by atoms with Gasteiger partial charge in [-0.25, -0.2) is 0 Å². The number of thioether (sulfide) groups is 1. The van der Waals surface area contributed by atoms with Gasteiger partial charge in [0.15, 0.2) is 11.4 Å². The van der Waals surface area contributed by atoms with Crippen LogP contribution in [0.3, 0.4) is 0 Å². The van der Waals surface area contributed by atoms with Crippen LogP contribution in [0.15, 0.2) is 60.0 Å². The molecular formula is C26H30N4O6S. The molecular weight excluding hydrogens is 496 g/mol. The molecule has 10 nitrogen and oxygen atoms in total. The fourth-order valence-electron chi connectivity index (χ4n) is 3.90. The lowest BCUT2D eigenvalue weighted by molar-refractivity contribution is -0.245. The van der Waals surface area contributed by atoms with Crippen LogP contribution in [0.1, 0.15) is 53.9 Å². The minimum Gasteiger partial charge on any atom is -0.481 e. The van der Waals surface area contributed by atoms with E-state index in [1.54, 1.807) is 18.1 Å². The van der Waals surface area contributed by atoms with Gasteiger partial charge in [0.1, 0.15) is 6.33 Å². The summed E-state index contributed by atoms with van der Waals surface area (Å²) in [7, 11) is 1.90. The van der Waals surface area contributed by atoms with Crippen molar-refractivity contribution in [1.82, 2.24) is 20.1 Å². The third-order valence-corrected chi connectivity index (χ3v) is 7.16. The number of carboxylic acid groups (broad SMARTS) is 1. The molecule has 1 fully saturated rings. The Kier molecular flexibility index (Phi) is 9.29. The molecule has 3 N–H and O–H groups in total. The quantitative estimate of drug-likeness (QED) is 0.322. The smallest absolute Gasteiger partial charge is 0.303 e. The molecule has 3 aromatic rings. The Hall–Kier alpha value is -3.25. The Morgan fingerprint density at radius 1 is 1.05 bits per heavy atom. The number of aliphatic hydroxyl groups is 1. The van der Waals surface area contributed by atoms with Gasteiger partial charge in [-0.2, -0.15) is 0 Å². The second-order valence-corrected chi connectivity index (χ2v) is 9.78. The number of amides is 1. The highest BCUT2D eigenvalue weighted by atomic mass is 32.2. The van der Waals surface area contributed by atoms with Crippen molar-refractivity contribution < 1.29 is 29.3 Å². The van der Waals surface area contributed by atoms with Gasteiger partial charge < -0.3 is 29.6 Å². The van der Waals surface area contributed by atoms with E-state index < -0.39 is 12.3 Å². The maximum absolute atomic E-state index is 11.8. The number of carbonyl (C=O) groups excluding carboxylic acids is 1. The largest absolute Gasteiger partial charge is 0.481 e. The predicted molar refractivity (Wildman–Crippen MR) is 135 cm³/mol. The van der Waals surface area contributed by atoms with E-state index in [-0.39, 0.29) is 37.6 Å². The molecule has 0 saturated carbocycles. The number of hydrogen-bond acceptors (Lipinski definition) is 8. The average molecular weight is 527 g/mol. The van der Waals surface area contributed by atoms with Gasteiger partial charge in [-0.05, 0) is 16.7 Å². The summed E-state index contributed by atoms with van der Waals surface area (Å²) in [4.78, 5) is 22.4. The van der Waals surface area contributed by atoms with Gasteiger partial charge in [-0.3, -0.25) is 9.59 Å². The number of rotatable bonds is 11. The molecule has 11 heteroatoms. The van der Waals surface area contributed by atoms with Crippen LogP contribution in [0.4, 0.5) is 0 Å². The van der Waals surface area contributed by atoms with E-state index in [1.165, 1.54) is 0 Å². The Morgan fingerprint density at radius 3 is 2.41 bits per heavy atom. The molecule has 4 rings (SSSR count). The normalized spacial score (nSPS) is 19.5. The molecule has 196 valence electrons. The van der Waals surface area contributed by atoms with Gasteiger partial charge in [-0.15, -0.1) is 10.2 Å². The summed E-state index contributed by atoms with van der Waals surface area (Å²) in [5.74, 6) is -0.621. The first-order valence-electron chi connectivity index (χ1n) is 12.0. The molecule has 2 heterocycles. The highest BCUT2D eigenvalue weighted by Gasteiger charge is 2.32. The number of carbonyl (C=O) groups is 2. The Bertz CT molecular complexity index is 1180. The number of ether oxygens (including phenoxy) is 2. The van der Waals surface area contributed by atoms with Gasteiger partial charge in [0.25, 0.3) is 0 Å². The topological polar surface area (TPSA) is 136 Å². The van der Waals surface area contributed by atoms with Crippen LogP contribution < -0.4 is 5.32 Å². The fourth-order valence-corrected chi connectivity index (χ4v) is 4.80. The maximum atomic E-state index is 11.8. The third kappa shape index (κ3) is 7.62. The second-order valence-electron chi connectivity index (χ2n) is 8.80. The lowest BCUT2D eigenvalue weighted by atomic mass is 10.0. The van der Waals surface area contributed by atoms with Crippen LogP contribution >= 0.6 is 11.8 Å². The molecule has 1 aliphatic rings. The van der Waals surface area contributed by atoms with Crippen LogP contribution in [0.5, 0.6) is 0 Å². The van der Waals surface area contributed by atoms with E-state index >= 15 is 0 Å². The molecule has 0 spiro atoms. The number of nitrogens with zero attached hydrogens (tertiary/aromatic N) is 3. The van der Waals surface area contributed by atoms with Crippen LogP contribution in [-0.2, 0) is 39.3 Å². The zero-order valence-electron chi connectivity index (χ0n) is 20.4. The van der Waals surface area contributed by atoms with Crippen molar-refractivity contribution in [2.45, 2.75) is 56.1 Å². The minimum atomic E-state index is -0.997. The number of aromatic nitrogens is 3. The lowest BCUT2D eigenvalue weighted by Gasteiger charge is -2.36. The summed E-state index contributed by atoms with van der Waals surface area (Å²) < 4.78 is 14.6. The first-order valence-corrected chi connectivity index (χ1v) is 12.9. The van der Waals surface area contributed by atoms with E-state index in [4.69, 9.17) is 14.6 Å². The molecule has 37 heavy (non-hydrogen) atoms. The number of hydrogen-bond donors (Lipinski definition) is 3. The number of nitrogens with one attached hydrogen (secondary N) is 1. The van der Waals surface area contributed by atoms with Gasteiger partial charge in [0.05, 0.1) is 25.2 Å². The maximum Gasteiger partial charge on any atom is 0.303 e. The highest BCUT2D eigenvalue weighted by molar-refractivity contribution is 7.99. The Labute approximate surface area is 219 Å². The lowest BCUT2D eigenvalue weighted by Crippen LogP contribution is -2.31. The average Bonchev–Trinajstić information content (AvgIpc) is 3.34. The van der Waals surface area contributed by atoms with Gasteiger partial charge in [0, 0.05) is 37.8 Å². The zero-order chi connectivity index (χ0) is 26.2. The van der Waals surface area contributed by atoms with E-state index in [0.29, 0.717) is 18.7 Å². The molecule has 3 atom stereocenters. The van der Waals surface area contributed by atoms with Gasteiger partial charge >= 0.3 is 5.97 Å². The molecule has 0 radical (unpaired) electrons. The van der Waals surface area contributed by atoms with Crippen molar-refractivity contribution in [3.63, 3.8) is 0 Å². The van der Waals surface area contributed by atoms with Gasteiger partial charge in [0.2, 0.25) is 5.91 Å². The number of benzene rings is 2. The molecule has 0 bridgehead atoms. The standard InChI is InChI=1S/C26H30N4O6S/c1-30-16-28-29-26(30)37-15-21-12-22(19-6-4-18(14-31)5-7-19)36-25(35-21)20-8-2-17(3-9-20)13-27-23(32)10-11-24(33)34/h2-9,16,21-22,25,31H,10-15H2,1H3,(H,27,32)(H,33,34). The first-order chi connectivity index (χ1) is 17.9. The van der Waals surface area contributed by atoms with Crippen LogP contribution in [-0.4, -0.2) is 48.7 Å². The second kappa shape index (κ2) is 12.8. The van der Waals surface area contributed by atoms with Crippen molar-refractivity contribution in [3.05, 3.63) is 77.1 Å². The molecule has 0 aliphatic carbocycles. The summed E-state index contributed by atoms with van der Waals surface area (Å²) in [6.45, 7) is 0.294. The van der Waals surface area contributed by atoms with E-state index in [9.17, 15) is 14.7 Å². The van der Waals surface area contributed by atoms with Crippen LogP contribution in [0.25, 0.3) is 0 Å². The minimum absolute atomic E-state index is 0.0130. The van der Waals surface area contributed by atoms with Crippen molar-refractivity contribution in [2.75, 3.05) is 5.75 Å². The summed E-state index contributed by atoms with van der Waals surface area (Å²) in [6.07, 6.45) is 1.21. The number of aliphatic carboxylic acids is 1. The molecule has 1 aliphatic heterocycles. The fraction of sp³-hybridized carbons (Fsp3) is 0.385. The summed E-state index contributed by atoms with van der Waals surface area (Å²) >= 11 is 1.58. The monoisotopic (exact) mass is 526 g/mol. The molecule has 3 unspecified atom stereocenters. The Balaban J connectivity index is 1.43. The van der Waals surface area contributed by atoms with Crippen molar-refractivity contribution in [1.29, 1.82) is 0 Å². The van der Waals surface area contributed by atoms with E-state index in [0.717, 1.165) is 27.4 Å². The number of carboxylic acids is 1. The zero-order valence-corrected chi connectivity index (χ0v) is 21.3. The highest BCUT2D eigenvalue weighted by Crippen LogP contribution is 2.39. The first kappa shape index (κ1) is 26.8. The van der Waals surface area contributed by atoms with Crippen molar-refractivity contribution >= 4 is 23.6 Å². The van der Waals surface area contributed by atoms with Gasteiger partial charge in [-0.1, -0.05) is 60.3 Å². The van der Waals surface area contributed by atoms with E-state index in [1.807, 2.05) is 60.1 Å². The molecule has 1 aromatic heterocycles. The summed E-state index contributed by atoms with van der Waals surface area (Å²) in [5, 5.41) is 29.7. The van der Waals surface area contributed by atoms with Crippen molar-refractivity contribution in [2.24, 2.45) is 7.05 Å². The Morgan fingerprint density at radius 2 is 1.76 bits per heavy atom. The third-order valence-electron chi connectivity index (χ3n) is 5.99. The van der Waals surface area contributed by atoms with E-state index in [2.05, 4.69) is 15.5 Å². The van der Waals surface area contributed by atoms with Crippen LogP contribution in [0, 0.1) is 0 Å².